The maximum absolute atomic E-state index is 12.4. The number of hydrogen-bond acceptors (Lipinski definition) is 4. The van der Waals surface area contributed by atoms with Crippen LogP contribution in [0.15, 0.2) is 24.3 Å². The summed E-state index contributed by atoms with van der Waals surface area (Å²) in [4.78, 5) is 28.1. The SMILES string of the molecule is CCc1nc(CC)c(C(=O)Nc2cccc(CC=O)c2)s1. The molecule has 0 radical (unpaired) electrons. The van der Waals surface area contributed by atoms with Crippen molar-refractivity contribution in [3.8, 4) is 0 Å². The molecule has 0 aliphatic carbocycles. The molecule has 1 amide bonds. The van der Waals surface area contributed by atoms with E-state index in [4.69, 9.17) is 0 Å². The highest BCUT2D eigenvalue weighted by Gasteiger charge is 2.16. The van der Waals surface area contributed by atoms with Gasteiger partial charge in [-0.3, -0.25) is 4.79 Å². The first-order chi connectivity index (χ1) is 10.2. The van der Waals surface area contributed by atoms with Crippen molar-refractivity contribution < 1.29 is 9.59 Å². The average molecular weight is 302 g/mol. The number of anilines is 1. The van der Waals surface area contributed by atoms with Crippen molar-refractivity contribution in [3.05, 3.63) is 45.4 Å². The van der Waals surface area contributed by atoms with Crippen LogP contribution in [0.5, 0.6) is 0 Å². The van der Waals surface area contributed by atoms with Gasteiger partial charge >= 0.3 is 0 Å². The van der Waals surface area contributed by atoms with Crippen molar-refractivity contribution in [1.29, 1.82) is 0 Å². The monoisotopic (exact) mass is 302 g/mol. The molecule has 0 saturated heterocycles. The van der Waals surface area contributed by atoms with Crippen LogP contribution in [0.2, 0.25) is 0 Å². The number of thiazole rings is 1. The lowest BCUT2D eigenvalue weighted by Gasteiger charge is -2.06. The first kappa shape index (κ1) is 15.4. The van der Waals surface area contributed by atoms with Crippen LogP contribution in [0.4, 0.5) is 5.69 Å². The van der Waals surface area contributed by atoms with E-state index in [1.165, 1.54) is 11.3 Å². The molecule has 0 spiro atoms. The van der Waals surface area contributed by atoms with Crippen LogP contribution in [-0.2, 0) is 24.1 Å². The first-order valence-electron chi connectivity index (χ1n) is 7.00. The quantitative estimate of drug-likeness (QED) is 0.833. The molecule has 1 aromatic heterocycles. The molecule has 0 saturated carbocycles. The fourth-order valence-electron chi connectivity index (χ4n) is 2.03. The maximum atomic E-state index is 12.4. The molecule has 1 aromatic carbocycles. The minimum Gasteiger partial charge on any atom is -0.321 e. The van der Waals surface area contributed by atoms with Gasteiger partial charge in [0.1, 0.15) is 11.2 Å². The van der Waals surface area contributed by atoms with Crippen LogP contribution in [0.3, 0.4) is 0 Å². The first-order valence-corrected chi connectivity index (χ1v) is 7.82. The van der Waals surface area contributed by atoms with E-state index in [9.17, 15) is 9.59 Å². The van der Waals surface area contributed by atoms with Crippen LogP contribution in [0.1, 0.15) is 39.8 Å². The number of carbonyl (C=O) groups is 2. The van der Waals surface area contributed by atoms with Gasteiger partial charge in [-0.05, 0) is 30.5 Å². The van der Waals surface area contributed by atoms with Gasteiger partial charge in [-0.1, -0.05) is 26.0 Å². The number of hydrogen-bond donors (Lipinski definition) is 1. The Morgan fingerprint density at radius 2 is 2.14 bits per heavy atom. The fourth-order valence-corrected chi connectivity index (χ4v) is 3.02. The van der Waals surface area contributed by atoms with Crippen molar-refractivity contribution in [2.75, 3.05) is 5.32 Å². The number of nitrogens with zero attached hydrogens (tertiary/aromatic N) is 1. The predicted molar refractivity (Wildman–Crippen MR) is 85.0 cm³/mol. The number of amides is 1. The summed E-state index contributed by atoms with van der Waals surface area (Å²) in [6.45, 7) is 4.03. The van der Waals surface area contributed by atoms with E-state index >= 15 is 0 Å². The van der Waals surface area contributed by atoms with Crippen LogP contribution in [0, 0.1) is 0 Å². The molecule has 0 aliphatic rings. The summed E-state index contributed by atoms with van der Waals surface area (Å²) >= 11 is 1.45. The zero-order valence-corrected chi connectivity index (χ0v) is 13.0. The van der Waals surface area contributed by atoms with E-state index in [0.29, 0.717) is 17.0 Å². The number of nitrogens with one attached hydrogen (secondary N) is 1. The van der Waals surface area contributed by atoms with Gasteiger partial charge in [0.15, 0.2) is 0 Å². The van der Waals surface area contributed by atoms with Crippen LogP contribution in [-0.4, -0.2) is 17.2 Å². The van der Waals surface area contributed by atoms with E-state index < -0.39 is 0 Å². The molecular formula is C16H18N2O2S. The second-order valence-corrected chi connectivity index (χ2v) is 5.70. The summed E-state index contributed by atoms with van der Waals surface area (Å²) in [5.74, 6) is -0.132. The van der Waals surface area contributed by atoms with Gasteiger partial charge in [0.05, 0.1) is 10.7 Å². The standard InChI is InChI=1S/C16H18N2O2S/c1-3-13-15(21-14(4-2)18-13)16(20)17-12-7-5-6-11(10-12)8-9-19/h5-7,9-10H,3-4,8H2,1-2H3,(H,17,20). The zero-order valence-electron chi connectivity index (χ0n) is 12.2. The molecule has 1 heterocycles. The van der Waals surface area contributed by atoms with Crippen molar-refractivity contribution >= 4 is 29.2 Å². The molecule has 0 atom stereocenters. The molecular weight excluding hydrogens is 284 g/mol. The molecule has 0 unspecified atom stereocenters. The Bertz CT molecular complexity index is 649. The molecule has 0 bridgehead atoms. The Kier molecular flexibility index (Phi) is 5.22. The molecule has 2 rings (SSSR count). The third-order valence-electron chi connectivity index (χ3n) is 3.09. The Labute approximate surface area is 128 Å². The molecule has 5 heteroatoms. The molecule has 0 fully saturated rings. The lowest BCUT2D eigenvalue weighted by molar-refractivity contribution is -0.107. The predicted octanol–water partition coefficient (Wildman–Crippen LogP) is 3.26. The second-order valence-electron chi connectivity index (χ2n) is 4.62. The van der Waals surface area contributed by atoms with Crippen LogP contribution < -0.4 is 5.32 Å². The highest BCUT2D eigenvalue weighted by molar-refractivity contribution is 7.13. The normalized spacial score (nSPS) is 10.4. The number of carbonyl (C=O) groups excluding carboxylic acids is 2. The fraction of sp³-hybridized carbons (Fsp3) is 0.312. The van der Waals surface area contributed by atoms with Crippen molar-refractivity contribution in [3.63, 3.8) is 0 Å². The number of benzene rings is 1. The third-order valence-corrected chi connectivity index (χ3v) is 4.33. The van der Waals surface area contributed by atoms with Gasteiger partial charge in [-0.2, -0.15) is 0 Å². The number of aromatic nitrogens is 1. The smallest absolute Gasteiger partial charge is 0.267 e. The van der Waals surface area contributed by atoms with Crippen LogP contribution >= 0.6 is 11.3 Å². The number of aldehydes is 1. The molecule has 4 nitrogen and oxygen atoms in total. The van der Waals surface area contributed by atoms with Crippen molar-refractivity contribution in [2.45, 2.75) is 33.1 Å². The minimum atomic E-state index is -0.132. The summed E-state index contributed by atoms with van der Waals surface area (Å²) in [6.07, 6.45) is 2.78. The van der Waals surface area contributed by atoms with Crippen molar-refractivity contribution in [1.82, 2.24) is 4.98 Å². The summed E-state index contributed by atoms with van der Waals surface area (Å²) in [6, 6.07) is 7.34. The van der Waals surface area contributed by atoms with E-state index in [1.54, 1.807) is 0 Å². The van der Waals surface area contributed by atoms with Crippen LogP contribution in [0.25, 0.3) is 0 Å². The lowest BCUT2D eigenvalue weighted by atomic mass is 10.1. The summed E-state index contributed by atoms with van der Waals surface area (Å²) in [5, 5.41) is 3.86. The number of rotatable bonds is 6. The minimum absolute atomic E-state index is 0.132. The average Bonchev–Trinajstić information content (AvgIpc) is 2.91. The summed E-state index contributed by atoms with van der Waals surface area (Å²) in [7, 11) is 0. The molecule has 0 aliphatic heterocycles. The highest BCUT2D eigenvalue weighted by atomic mass is 32.1. The largest absolute Gasteiger partial charge is 0.321 e. The van der Waals surface area contributed by atoms with Gasteiger partial charge < -0.3 is 10.1 Å². The van der Waals surface area contributed by atoms with Gasteiger partial charge in [0.25, 0.3) is 5.91 Å². The maximum Gasteiger partial charge on any atom is 0.267 e. The van der Waals surface area contributed by atoms with Gasteiger partial charge in [-0.15, -0.1) is 11.3 Å². The van der Waals surface area contributed by atoms with Gasteiger partial charge in [0.2, 0.25) is 0 Å². The van der Waals surface area contributed by atoms with E-state index in [2.05, 4.69) is 10.3 Å². The Morgan fingerprint density at radius 1 is 1.33 bits per heavy atom. The lowest BCUT2D eigenvalue weighted by Crippen LogP contribution is -2.12. The van der Waals surface area contributed by atoms with E-state index in [0.717, 1.165) is 35.4 Å². The molecule has 1 N–H and O–H groups in total. The Balaban J connectivity index is 2.19. The van der Waals surface area contributed by atoms with E-state index in [-0.39, 0.29) is 5.91 Å². The highest BCUT2D eigenvalue weighted by Crippen LogP contribution is 2.21. The third kappa shape index (κ3) is 3.76. The molecule has 2 aromatic rings. The number of aryl methyl sites for hydroxylation is 2. The van der Waals surface area contributed by atoms with Gasteiger partial charge in [0, 0.05) is 12.1 Å². The summed E-state index contributed by atoms with van der Waals surface area (Å²) in [5.41, 5.74) is 2.43. The summed E-state index contributed by atoms with van der Waals surface area (Å²) < 4.78 is 0. The molecule has 110 valence electrons. The second kappa shape index (κ2) is 7.13. The zero-order chi connectivity index (χ0) is 15.2. The Morgan fingerprint density at radius 3 is 2.81 bits per heavy atom. The van der Waals surface area contributed by atoms with Gasteiger partial charge in [-0.25, -0.2) is 4.98 Å². The van der Waals surface area contributed by atoms with E-state index in [1.807, 2.05) is 38.1 Å². The topological polar surface area (TPSA) is 59.1 Å². The van der Waals surface area contributed by atoms with Crippen molar-refractivity contribution in [2.24, 2.45) is 0 Å². The Hall–Kier alpha value is -2.01. The molecule has 21 heavy (non-hydrogen) atoms.